The Morgan fingerprint density at radius 3 is 2.80 bits per heavy atom. The maximum absolute atomic E-state index is 13.5. The van der Waals surface area contributed by atoms with Crippen LogP contribution in [-0.2, 0) is 9.47 Å². The van der Waals surface area contributed by atoms with E-state index in [2.05, 4.69) is 0 Å². The van der Waals surface area contributed by atoms with Crippen LogP contribution in [0.15, 0.2) is 46.1 Å². The average molecular weight is 348 g/mol. The lowest BCUT2D eigenvalue weighted by Crippen LogP contribution is -2.35. The third-order valence-electron chi connectivity index (χ3n) is 4.06. The van der Waals surface area contributed by atoms with Gasteiger partial charge in [-0.05, 0) is 18.6 Å². The average Bonchev–Trinajstić information content (AvgIpc) is 2.97. The first kappa shape index (κ1) is 17.1. The summed E-state index contributed by atoms with van der Waals surface area (Å²) in [6.45, 7) is 1.86. The van der Waals surface area contributed by atoms with Crippen LogP contribution in [-0.4, -0.2) is 28.2 Å². The van der Waals surface area contributed by atoms with Crippen molar-refractivity contribution in [3.05, 3.63) is 68.7 Å². The predicted octanol–water partition coefficient (Wildman–Crippen LogP) is 1.46. The van der Waals surface area contributed by atoms with Crippen molar-refractivity contribution >= 4 is 5.97 Å². The van der Waals surface area contributed by atoms with Crippen LogP contribution in [0.4, 0.5) is 4.39 Å². The zero-order valence-electron chi connectivity index (χ0n) is 13.5. The monoisotopic (exact) mass is 348 g/mol. The highest BCUT2D eigenvalue weighted by Crippen LogP contribution is 2.33. The quantitative estimate of drug-likeness (QED) is 0.845. The molecule has 132 valence electrons. The summed E-state index contributed by atoms with van der Waals surface area (Å²) in [7, 11) is 0. The van der Waals surface area contributed by atoms with E-state index in [0.717, 1.165) is 10.8 Å². The van der Waals surface area contributed by atoms with E-state index < -0.39 is 35.4 Å². The molecule has 1 saturated heterocycles. The van der Waals surface area contributed by atoms with Gasteiger partial charge in [-0.1, -0.05) is 25.1 Å². The highest BCUT2D eigenvalue weighted by molar-refractivity contribution is 5.89. The minimum atomic E-state index is -1.07. The van der Waals surface area contributed by atoms with Crippen molar-refractivity contribution in [3.63, 3.8) is 0 Å². The van der Waals surface area contributed by atoms with E-state index in [1.807, 2.05) is 11.9 Å². The predicted molar refractivity (Wildman–Crippen MR) is 85.7 cm³/mol. The second-order valence-corrected chi connectivity index (χ2v) is 5.97. The summed E-state index contributed by atoms with van der Waals surface area (Å²) in [5.74, 6) is -1.65. The van der Waals surface area contributed by atoms with Gasteiger partial charge >= 0.3 is 11.7 Å². The number of hydrogen-bond acceptors (Lipinski definition) is 5. The number of aromatic amines is 1. The SMILES string of the molecule is CC1C[C@@H](COC(=O)c2ccccc2)O[C@H]1n1cc(F)c(=O)[nH]c1=O. The van der Waals surface area contributed by atoms with E-state index in [0.29, 0.717) is 12.0 Å². The first-order valence-corrected chi connectivity index (χ1v) is 7.84. The summed E-state index contributed by atoms with van der Waals surface area (Å²) in [4.78, 5) is 36.8. The number of nitrogens with zero attached hydrogens (tertiary/aromatic N) is 1. The number of halogens is 1. The minimum absolute atomic E-state index is 0.0230. The molecule has 1 aliphatic heterocycles. The third-order valence-corrected chi connectivity index (χ3v) is 4.06. The Kier molecular flexibility index (Phi) is 4.80. The molecule has 2 heterocycles. The van der Waals surface area contributed by atoms with Gasteiger partial charge in [0.2, 0.25) is 5.82 Å². The highest BCUT2D eigenvalue weighted by atomic mass is 19.1. The summed E-state index contributed by atoms with van der Waals surface area (Å²) in [6.07, 6.45) is 0.203. The lowest BCUT2D eigenvalue weighted by atomic mass is 10.1. The smallest absolute Gasteiger partial charge is 0.338 e. The van der Waals surface area contributed by atoms with Gasteiger partial charge in [0.15, 0.2) is 0 Å². The third kappa shape index (κ3) is 3.69. The van der Waals surface area contributed by atoms with E-state index >= 15 is 0 Å². The molecule has 0 saturated carbocycles. The van der Waals surface area contributed by atoms with Crippen molar-refractivity contribution in [2.45, 2.75) is 25.7 Å². The molecule has 1 N–H and O–H groups in total. The fourth-order valence-corrected chi connectivity index (χ4v) is 2.84. The molecule has 3 rings (SSSR count). The summed E-state index contributed by atoms with van der Waals surface area (Å²) in [6, 6.07) is 8.55. The zero-order chi connectivity index (χ0) is 18.0. The van der Waals surface area contributed by atoms with Gasteiger partial charge < -0.3 is 9.47 Å². The number of aromatic nitrogens is 2. The highest BCUT2D eigenvalue weighted by Gasteiger charge is 2.35. The molecular formula is C17H17FN2O5. The van der Waals surface area contributed by atoms with Crippen LogP contribution in [0.5, 0.6) is 0 Å². The van der Waals surface area contributed by atoms with Crippen molar-refractivity contribution in [1.82, 2.24) is 9.55 Å². The van der Waals surface area contributed by atoms with Crippen LogP contribution >= 0.6 is 0 Å². The minimum Gasteiger partial charge on any atom is -0.459 e. The van der Waals surface area contributed by atoms with Crippen LogP contribution in [0.2, 0.25) is 0 Å². The van der Waals surface area contributed by atoms with Gasteiger partial charge in [-0.25, -0.2) is 9.59 Å². The molecule has 8 heteroatoms. The molecule has 1 aromatic carbocycles. The molecule has 1 aromatic heterocycles. The number of esters is 1. The molecule has 25 heavy (non-hydrogen) atoms. The molecule has 1 unspecified atom stereocenters. The standard InChI is InChI=1S/C17H17FN2O5/c1-10-7-12(9-24-16(22)11-5-3-2-4-6-11)25-15(10)20-8-13(18)14(21)19-17(20)23/h2-6,8,10,12,15H,7,9H2,1H3,(H,19,21,23)/t10?,12-,15+/m0/s1. The molecule has 0 bridgehead atoms. The molecule has 1 fully saturated rings. The van der Waals surface area contributed by atoms with E-state index in [-0.39, 0.29) is 12.5 Å². The largest absolute Gasteiger partial charge is 0.459 e. The Balaban J connectivity index is 1.66. The van der Waals surface area contributed by atoms with Gasteiger partial charge in [-0.15, -0.1) is 0 Å². The molecule has 0 amide bonds. The topological polar surface area (TPSA) is 90.4 Å². The first-order valence-electron chi connectivity index (χ1n) is 7.84. The zero-order valence-corrected chi connectivity index (χ0v) is 13.5. The number of H-pyrrole nitrogens is 1. The van der Waals surface area contributed by atoms with Crippen LogP contribution in [0.3, 0.4) is 0 Å². The van der Waals surface area contributed by atoms with E-state index in [1.54, 1.807) is 30.3 Å². The van der Waals surface area contributed by atoms with Crippen molar-refractivity contribution in [1.29, 1.82) is 0 Å². The lowest BCUT2D eigenvalue weighted by Gasteiger charge is -2.18. The molecule has 0 radical (unpaired) electrons. The first-order chi connectivity index (χ1) is 12.0. The van der Waals surface area contributed by atoms with Crippen molar-refractivity contribution < 1.29 is 18.7 Å². The maximum Gasteiger partial charge on any atom is 0.338 e. The molecular weight excluding hydrogens is 331 g/mol. The normalized spacial score (nSPS) is 22.7. The molecule has 7 nitrogen and oxygen atoms in total. The number of ether oxygens (including phenoxy) is 2. The van der Waals surface area contributed by atoms with Gasteiger partial charge in [0.25, 0.3) is 5.56 Å². The van der Waals surface area contributed by atoms with Gasteiger partial charge in [0.1, 0.15) is 12.8 Å². The summed E-state index contributed by atoms with van der Waals surface area (Å²) in [5.41, 5.74) is -1.38. The number of rotatable bonds is 4. The van der Waals surface area contributed by atoms with Crippen molar-refractivity contribution in [2.24, 2.45) is 5.92 Å². The molecule has 2 aromatic rings. The Hall–Kier alpha value is -2.74. The second-order valence-electron chi connectivity index (χ2n) is 5.97. The van der Waals surface area contributed by atoms with E-state index in [9.17, 15) is 18.8 Å². The number of hydrogen-bond donors (Lipinski definition) is 1. The number of carbonyl (C=O) groups excluding carboxylic acids is 1. The Morgan fingerprint density at radius 1 is 1.36 bits per heavy atom. The molecule has 0 spiro atoms. The van der Waals surface area contributed by atoms with Crippen LogP contribution in [0.25, 0.3) is 0 Å². The van der Waals surface area contributed by atoms with E-state index in [1.165, 1.54) is 0 Å². The molecule has 1 aliphatic rings. The lowest BCUT2D eigenvalue weighted by molar-refractivity contribution is -0.0414. The Morgan fingerprint density at radius 2 is 2.08 bits per heavy atom. The van der Waals surface area contributed by atoms with Crippen LogP contribution in [0, 0.1) is 11.7 Å². The van der Waals surface area contributed by atoms with Crippen LogP contribution < -0.4 is 11.2 Å². The number of carbonyl (C=O) groups is 1. The van der Waals surface area contributed by atoms with E-state index in [4.69, 9.17) is 9.47 Å². The summed E-state index contributed by atoms with van der Waals surface area (Å²) < 4.78 is 25.4. The van der Waals surface area contributed by atoms with Gasteiger partial charge in [-0.2, -0.15) is 4.39 Å². The Labute approximate surface area is 142 Å². The number of nitrogens with one attached hydrogen (secondary N) is 1. The Bertz CT molecular complexity index is 877. The van der Waals surface area contributed by atoms with Crippen molar-refractivity contribution in [2.75, 3.05) is 6.61 Å². The van der Waals surface area contributed by atoms with Gasteiger partial charge in [0, 0.05) is 5.92 Å². The van der Waals surface area contributed by atoms with Gasteiger partial charge in [-0.3, -0.25) is 14.3 Å². The van der Waals surface area contributed by atoms with Crippen LogP contribution in [0.1, 0.15) is 29.9 Å². The second kappa shape index (κ2) is 7.02. The molecule has 0 aliphatic carbocycles. The molecule has 3 atom stereocenters. The fraction of sp³-hybridized carbons (Fsp3) is 0.353. The fourth-order valence-electron chi connectivity index (χ4n) is 2.84. The maximum atomic E-state index is 13.5. The summed E-state index contributed by atoms with van der Waals surface area (Å²) >= 11 is 0. The van der Waals surface area contributed by atoms with Gasteiger partial charge in [0.05, 0.1) is 17.9 Å². The number of benzene rings is 1. The summed E-state index contributed by atoms with van der Waals surface area (Å²) in [5, 5.41) is 0. The van der Waals surface area contributed by atoms with Crippen molar-refractivity contribution in [3.8, 4) is 0 Å².